The van der Waals surface area contributed by atoms with Crippen LogP contribution >= 0.6 is 0 Å². The van der Waals surface area contributed by atoms with Crippen LogP contribution in [0.2, 0.25) is 0 Å². The van der Waals surface area contributed by atoms with Gasteiger partial charge in [0.1, 0.15) is 13.2 Å². The van der Waals surface area contributed by atoms with Gasteiger partial charge in [0, 0.05) is 5.92 Å². The number of unbranched alkanes of at least 4 members (excludes halogenated alkanes) is 2. The van der Waals surface area contributed by atoms with Crippen LogP contribution in [0.25, 0.3) is 0 Å². The summed E-state index contributed by atoms with van der Waals surface area (Å²) in [5.41, 5.74) is 0. The number of ketones is 1. The molecule has 0 aromatic rings. The molecule has 1 fully saturated rings. The van der Waals surface area contributed by atoms with Crippen molar-refractivity contribution in [3.63, 3.8) is 0 Å². The van der Waals surface area contributed by atoms with Gasteiger partial charge in [0.2, 0.25) is 0 Å². The minimum absolute atomic E-state index is 0.00686. The quantitative estimate of drug-likeness (QED) is 0.520. The van der Waals surface area contributed by atoms with Crippen molar-refractivity contribution in [2.75, 3.05) is 19.8 Å². The monoisotopic (exact) mass is 328 g/mol. The van der Waals surface area contributed by atoms with Crippen LogP contribution < -0.4 is 0 Å². The van der Waals surface area contributed by atoms with Crippen molar-refractivity contribution in [2.24, 2.45) is 11.8 Å². The molecule has 2 atom stereocenters. The van der Waals surface area contributed by atoms with E-state index in [2.05, 4.69) is 27.7 Å². The molecule has 0 aliphatic carbocycles. The van der Waals surface area contributed by atoms with E-state index in [0.29, 0.717) is 12.5 Å². The lowest BCUT2D eigenvalue weighted by atomic mass is 9.95. The van der Waals surface area contributed by atoms with Crippen molar-refractivity contribution < 1.29 is 19.0 Å². The summed E-state index contributed by atoms with van der Waals surface area (Å²) < 4.78 is 17.9. The lowest BCUT2D eigenvalue weighted by Crippen LogP contribution is -2.52. The Hall–Kier alpha value is -0.450. The maximum atomic E-state index is 11.5. The van der Waals surface area contributed by atoms with Crippen LogP contribution in [-0.4, -0.2) is 31.6 Å². The zero-order chi connectivity index (χ0) is 17.1. The summed E-state index contributed by atoms with van der Waals surface area (Å²) in [4.78, 5) is 11.5. The van der Waals surface area contributed by atoms with E-state index in [0.717, 1.165) is 32.1 Å². The molecule has 0 bridgehead atoms. The first-order valence-electron chi connectivity index (χ1n) is 9.55. The highest BCUT2D eigenvalue weighted by Gasteiger charge is 2.45. The van der Waals surface area contributed by atoms with E-state index in [9.17, 15) is 4.79 Å². The summed E-state index contributed by atoms with van der Waals surface area (Å²) in [6.07, 6.45) is 8.90. The van der Waals surface area contributed by atoms with Gasteiger partial charge in [0.05, 0.1) is 6.61 Å². The molecule has 1 rings (SSSR count). The summed E-state index contributed by atoms with van der Waals surface area (Å²) in [6, 6.07) is 0. The summed E-state index contributed by atoms with van der Waals surface area (Å²) >= 11 is 0. The molecule has 0 radical (unpaired) electrons. The number of ether oxygens (including phenoxy) is 3. The minimum atomic E-state index is -1.02. The second kappa shape index (κ2) is 11.2. The Kier molecular flexibility index (Phi) is 10.00. The molecule has 2 unspecified atom stereocenters. The van der Waals surface area contributed by atoms with Crippen molar-refractivity contribution >= 4 is 5.78 Å². The first-order valence-corrected chi connectivity index (χ1v) is 9.55. The largest absolute Gasteiger partial charge is 0.327 e. The van der Waals surface area contributed by atoms with Crippen LogP contribution in [0.15, 0.2) is 0 Å². The van der Waals surface area contributed by atoms with Gasteiger partial charge in [-0.3, -0.25) is 4.79 Å². The number of Topliss-reactive ketones (excluding diaryl/α,β-unsaturated/α-hetero) is 1. The van der Waals surface area contributed by atoms with Gasteiger partial charge in [-0.15, -0.1) is 0 Å². The lowest BCUT2D eigenvalue weighted by Gasteiger charge is -2.42. The second-order valence-electron chi connectivity index (χ2n) is 6.69. The maximum absolute atomic E-state index is 11.5. The van der Waals surface area contributed by atoms with E-state index in [1.165, 1.54) is 19.3 Å². The number of hydrogen-bond donors (Lipinski definition) is 0. The molecule has 1 aliphatic rings. The predicted octanol–water partition coefficient (Wildman–Crippen LogP) is 4.71. The third-order valence-electron chi connectivity index (χ3n) is 4.83. The summed E-state index contributed by atoms with van der Waals surface area (Å²) in [6.45, 7) is 9.60. The van der Waals surface area contributed by atoms with Gasteiger partial charge in [-0.25, -0.2) is 0 Å². The van der Waals surface area contributed by atoms with Crippen molar-refractivity contribution in [1.82, 2.24) is 0 Å². The molecule has 0 aromatic heterocycles. The Balaban J connectivity index is 2.72. The van der Waals surface area contributed by atoms with E-state index < -0.39 is 5.97 Å². The first-order chi connectivity index (χ1) is 11.1. The van der Waals surface area contributed by atoms with E-state index >= 15 is 0 Å². The van der Waals surface area contributed by atoms with Crippen molar-refractivity contribution in [3.05, 3.63) is 0 Å². The molecule has 136 valence electrons. The molecule has 0 amide bonds. The van der Waals surface area contributed by atoms with E-state index in [1.54, 1.807) is 0 Å². The van der Waals surface area contributed by atoms with Gasteiger partial charge in [-0.05, 0) is 25.2 Å². The molecule has 1 aliphatic heterocycles. The molecule has 4 nitrogen and oxygen atoms in total. The smallest absolute Gasteiger partial charge is 0.286 e. The van der Waals surface area contributed by atoms with Gasteiger partial charge in [0.25, 0.3) is 5.97 Å². The zero-order valence-electron chi connectivity index (χ0n) is 15.6. The van der Waals surface area contributed by atoms with Gasteiger partial charge in [0.15, 0.2) is 5.78 Å². The topological polar surface area (TPSA) is 44.8 Å². The SMILES string of the molecule is CCCCC(CC)COC1(C(CC)CCCC)OCC(=O)CO1. The Morgan fingerprint density at radius 2 is 1.61 bits per heavy atom. The third-order valence-corrected chi connectivity index (χ3v) is 4.83. The summed E-state index contributed by atoms with van der Waals surface area (Å²) in [7, 11) is 0. The molecule has 1 heterocycles. The summed E-state index contributed by atoms with van der Waals surface area (Å²) in [5, 5.41) is 0. The Morgan fingerprint density at radius 3 is 2.13 bits per heavy atom. The van der Waals surface area contributed by atoms with Crippen molar-refractivity contribution in [3.8, 4) is 0 Å². The highest BCUT2D eigenvalue weighted by molar-refractivity contribution is 5.81. The van der Waals surface area contributed by atoms with Gasteiger partial charge in [-0.1, -0.05) is 59.8 Å². The molecular formula is C19H36O4. The number of rotatable bonds is 12. The van der Waals surface area contributed by atoms with Gasteiger partial charge >= 0.3 is 0 Å². The molecule has 4 heteroatoms. The van der Waals surface area contributed by atoms with Crippen LogP contribution in [0.5, 0.6) is 0 Å². The average Bonchev–Trinajstić information content (AvgIpc) is 2.58. The van der Waals surface area contributed by atoms with Crippen LogP contribution in [-0.2, 0) is 19.0 Å². The fraction of sp³-hybridized carbons (Fsp3) is 0.947. The maximum Gasteiger partial charge on any atom is 0.286 e. The molecule has 0 spiro atoms. The van der Waals surface area contributed by atoms with E-state index in [4.69, 9.17) is 14.2 Å². The molecule has 23 heavy (non-hydrogen) atoms. The minimum Gasteiger partial charge on any atom is -0.327 e. The predicted molar refractivity (Wildman–Crippen MR) is 92.2 cm³/mol. The highest BCUT2D eigenvalue weighted by Crippen LogP contribution is 2.35. The average molecular weight is 328 g/mol. The van der Waals surface area contributed by atoms with E-state index in [-0.39, 0.29) is 24.9 Å². The van der Waals surface area contributed by atoms with Gasteiger partial charge in [-0.2, -0.15) is 0 Å². The number of carbonyl (C=O) groups is 1. The lowest BCUT2D eigenvalue weighted by molar-refractivity contribution is -0.413. The molecule has 1 saturated heterocycles. The van der Waals surface area contributed by atoms with E-state index in [1.807, 2.05) is 0 Å². The normalized spacial score (nSPS) is 20.4. The first kappa shape index (κ1) is 20.6. The zero-order valence-corrected chi connectivity index (χ0v) is 15.6. The van der Waals surface area contributed by atoms with Crippen LogP contribution in [0.3, 0.4) is 0 Å². The molecular weight excluding hydrogens is 292 g/mol. The van der Waals surface area contributed by atoms with Crippen molar-refractivity contribution in [1.29, 1.82) is 0 Å². The number of carbonyl (C=O) groups excluding carboxylic acids is 1. The standard InChI is InChI=1S/C19H36O4/c1-5-9-11-16(7-3)13-21-19(17(8-4)12-10-6-2)22-14-18(20)15-23-19/h16-17H,5-15H2,1-4H3. The Labute approximate surface area is 142 Å². The second-order valence-corrected chi connectivity index (χ2v) is 6.69. The van der Waals surface area contributed by atoms with Crippen molar-refractivity contribution in [2.45, 2.75) is 85.0 Å². The summed E-state index contributed by atoms with van der Waals surface area (Å²) in [5.74, 6) is -0.315. The molecule has 0 aromatic carbocycles. The van der Waals surface area contributed by atoms with Crippen LogP contribution in [0.4, 0.5) is 0 Å². The highest BCUT2D eigenvalue weighted by atomic mass is 16.9. The van der Waals surface area contributed by atoms with Gasteiger partial charge < -0.3 is 14.2 Å². The molecule has 0 saturated carbocycles. The fourth-order valence-corrected chi connectivity index (χ4v) is 3.10. The Bertz CT molecular complexity index is 319. The fourth-order valence-electron chi connectivity index (χ4n) is 3.10. The molecule has 0 N–H and O–H groups in total. The van der Waals surface area contributed by atoms with Crippen LogP contribution in [0, 0.1) is 11.8 Å². The third kappa shape index (κ3) is 6.52. The Morgan fingerprint density at radius 1 is 1.00 bits per heavy atom. The van der Waals surface area contributed by atoms with Crippen LogP contribution in [0.1, 0.15) is 79.1 Å². The number of hydrogen-bond acceptors (Lipinski definition) is 4.